The van der Waals surface area contributed by atoms with Crippen molar-refractivity contribution in [3.05, 3.63) is 85.4 Å². The molecule has 0 atom stereocenters. The monoisotopic (exact) mass is 690 g/mol. The molecule has 196 valence electrons. The first kappa shape index (κ1) is 27.6. The average molecular weight is 691 g/mol. The Morgan fingerprint density at radius 3 is 2.26 bits per heavy atom. The number of anilines is 1. The third kappa shape index (κ3) is 6.36. The normalized spacial score (nSPS) is 14.5. The molecule has 1 N–H and O–H groups in total. The lowest BCUT2D eigenvalue weighted by Crippen LogP contribution is -2.54. The molecule has 1 aliphatic rings. The summed E-state index contributed by atoms with van der Waals surface area (Å²) in [7, 11) is 0. The zero-order chi connectivity index (χ0) is 27.2. The fourth-order valence-electron chi connectivity index (χ4n) is 3.72. The predicted molar refractivity (Wildman–Crippen MR) is 155 cm³/mol. The maximum absolute atomic E-state index is 13.3. The Kier molecular flexibility index (Phi) is 9.05. The molecule has 4 amide bonds. The first-order chi connectivity index (χ1) is 18.3. The lowest BCUT2D eigenvalue weighted by atomic mass is 10.1. The molecule has 3 aromatic rings. The summed E-state index contributed by atoms with van der Waals surface area (Å²) in [5, 5.41) is 2.25. The van der Waals surface area contributed by atoms with Crippen molar-refractivity contribution in [2.45, 2.75) is 20.5 Å². The van der Waals surface area contributed by atoms with Crippen molar-refractivity contribution < 1.29 is 28.6 Å². The number of amides is 4. The molecule has 0 radical (unpaired) electrons. The largest absolute Gasteiger partial charge is 0.490 e. The second kappa shape index (κ2) is 12.4. The van der Waals surface area contributed by atoms with Gasteiger partial charge in [-0.15, -0.1) is 0 Å². The minimum Gasteiger partial charge on any atom is -0.490 e. The highest BCUT2D eigenvalue weighted by atomic mass is 127. The number of hydrogen-bond donors (Lipinski definition) is 1. The van der Waals surface area contributed by atoms with E-state index in [9.17, 15) is 14.4 Å². The topological polar surface area (TPSA) is 94.2 Å². The summed E-state index contributed by atoms with van der Waals surface area (Å²) in [6, 6.07) is 16.9. The van der Waals surface area contributed by atoms with Crippen LogP contribution in [0.4, 0.5) is 10.5 Å². The van der Waals surface area contributed by atoms with Gasteiger partial charge in [-0.05, 0) is 102 Å². The molecule has 10 heteroatoms. The number of nitrogens with zero attached hydrogens (tertiary/aromatic N) is 1. The van der Waals surface area contributed by atoms with Crippen molar-refractivity contribution in [1.82, 2.24) is 5.32 Å². The average Bonchev–Trinajstić information content (AvgIpc) is 2.89. The number of nitrogens with one attached hydrogen (secondary N) is 1. The second-order valence-corrected chi connectivity index (χ2v) is 10.1. The van der Waals surface area contributed by atoms with Gasteiger partial charge in [0.2, 0.25) is 0 Å². The van der Waals surface area contributed by atoms with Crippen molar-refractivity contribution in [1.29, 1.82) is 0 Å². The predicted octanol–water partition coefficient (Wildman–Crippen LogP) is 6.10. The van der Waals surface area contributed by atoms with Crippen LogP contribution in [0.5, 0.6) is 17.2 Å². The van der Waals surface area contributed by atoms with Gasteiger partial charge in [-0.1, -0.05) is 28.1 Å². The fraction of sp³-hybridized carbons (Fsp3) is 0.179. The zero-order valence-electron chi connectivity index (χ0n) is 20.6. The highest BCUT2D eigenvalue weighted by Gasteiger charge is 2.37. The summed E-state index contributed by atoms with van der Waals surface area (Å²) in [5.74, 6) is 0.164. The quantitative estimate of drug-likeness (QED) is 0.166. The Morgan fingerprint density at radius 1 is 0.921 bits per heavy atom. The Labute approximate surface area is 242 Å². The summed E-state index contributed by atoms with van der Waals surface area (Å²) in [5.41, 5.74) is 1.68. The smallest absolute Gasteiger partial charge is 0.335 e. The van der Waals surface area contributed by atoms with Crippen molar-refractivity contribution in [3.63, 3.8) is 0 Å². The third-order valence-electron chi connectivity index (χ3n) is 5.45. The van der Waals surface area contributed by atoms with E-state index in [1.165, 1.54) is 6.08 Å². The first-order valence-electron chi connectivity index (χ1n) is 11.8. The van der Waals surface area contributed by atoms with Crippen LogP contribution in [-0.2, 0) is 16.2 Å². The van der Waals surface area contributed by atoms with Gasteiger partial charge >= 0.3 is 6.03 Å². The molecule has 3 aromatic carbocycles. The number of hydrogen-bond acceptors (Lipinski definition) is 6. The van der Waals surface area contributed by atoms with E-state index in [1.54, 1.807) is 36.4 Å². The number of barbiturate groups is 1. The van der Waals surface area contributed by atoms with Gasteiger partial charge in [0, 0.05) is 4.47 Å². The maximum atomic E-state index is 13.3. The van der Waals surface area contributed by atoms with Crippen LogP contribution in [0.1, 0.15) is 25.0 Å². The molecule has 1 fully saturated rings. The minimum atomic E-state index is -0.822. The van der Waals surface area contributed by atoms with E-state index in [0.717, 1.165) is 18.5 Å². The summed E-state index contributed by atoms with van der Waals surface area (Å²) in [4.78, 5) is 39.5. The van der Waals surface area contributed by atoms with Crippen molar-refractivity contribution in [2.24, 2.45) is 0 Å². The van der Waals surface area contributed by atoms with Gasteiger partial charge in [0.15, 0.2) is 11.5 Å². The zero-order valence-corrected chi connectivity index (χ0v) is 24.4. The number of halogens is 2. The highest BCUT2D eigenvalue weighted by Crippen LogP contribution is 2.35. The number of ether oxygens (including phenoxy) is 3. The molecular weight excluding hydrogens is 667 g/mol. The standard InChI is InChI=1S/C28H24BrIN2O6/c1-3-36-24-15-18(14-23(30)25(24)37-4-2)13-22-26(33)31-28(35)32(27(22)34)20-9-11-21(12-10-20)38-16-17-5-7-19(29)8-6-17/h5-15H,3-4,16H2,1-2H3,(H,31,33,35)/b22-13+. The number of imide groups is 2. The molecule has 0 unspecified atom stereocenters. The van der Waals surface area contributed by atoms with Crippen LogP contribution >= 0.6 is 38.5 Å². The number of benzene rings is 3. The molecule has 38 heavy (non-hydrogen) atoms. The Hall–Kier alpha value is -3.38. The molecule has 0 aliphatic carbocycles. The van der Waals surface area contributed by atoms with E-state index in [4.69, 9.17) is 14.2 Å². The molecule has 0 spiro atoms. The SMILES string of the molecule is CCOc1cc(/C=C2\C(=O)NC(=O)N(c3ccc(OCc4ccc(Br)cc4)cc3)C2=O)cc(I)c1OCC. The van der Waals surface area contributed by atoms with Crippen LogP contribution < -0.4 is 24.4 Å². The van der Waals surface area contributed by atoms with E-state index in [0.29, 0.717) is 48.3 Å². The number of urea groups is 1. The Balaban J connectivity index is 1.56. The molecule has 8 nitrogen and oxygen atoms in total. The van der Waals surface area contributed by atoms with Gasteiger partial charge in [-0.25, -0.2) is 9.69 Å². The van der Waals surface area contributed by atoms with Crippen LogP contribution in [0.25, 0.3) is 6.08 Å². The Bertz CT molecular complexity index is 1390. The molecule has 0 bridgehead atoms. The molecule has 1 heterocycles. The van der Waals surface area contributed by atoms with Crippen molar-refractivity contribution in [2.75, 3.05) is 18.1 Å². The maximum Gasteiger partial charge on any atom is 0.335 e. The van der Waals surface area contributed by atoms with E-state index in [2.05, 4.69) is 43.8 Å². The lowest BCUT2D eigenvalue weighted by molar-refractivity contribution is -0.122. The van der Waals surface area contributed by atoms with E-state index in [-0.39, 0.29) is 5.57 Å². The van der Waals surface area contributed by atoms with Gasteiger partial charge in [-0.3, -0.25) is 14.9 Å². The van der Waals surface area contributed by atoms with Gasteiger partial charge in [0.25, 0.3) is 11.8 Å². The van der Waals surface area contributed by atoms with E-state index < -0.39 is 17.8 Å². The van der Waals surface area contributed by atoms with E-state index in [1.807, 2.05) is 38.1 Å². The minimum absolute atomic E-state index is 0.178. The lowest BCUT2D eigenvalue weighted by Gasteiger charge is -2.26. The van der Waals surface area contributed by atoms with Gasteiger partial charge in [0.05, 0.1) is 22.5 Å². The summed E-state index contributed by atoms with van der Waals surface area (Å²) in [6.07, 6.45) is 1.44. The van der Waals surface area contributed by atoms with Crippen LogP contribution in [0, 0.1) is 3.57 Å². The van der Waals surface area contributed by atoms with Crippen LogP contribution in [-0.4, -0.2) is 31.1 Å². The number of carbonyl (C=O) groups excluding carboxylic acids is 3. The summed E-state index contributed by atoms with van der Waals surface area (Å²) >= 11 is 5.52. The fourth-order valence-corrected chi connectivity index (χ4v) is 4.76. The van der Waals surface area contributed by atoms with Crippen molar-refractivity contribution in [3.8, 4) is 17.2 Å². The van der Waals surface area contributed by atoms with Gasteiger partial charge < -0.3 is 14.2 Å². The van der Waals surface area contributed by atoms with Crippen LogP contribution in [0.3, 0.4) is 0 Å². The number of carbonyl (C=O) groups is 3. The molecule has 1 aliphatic heterocycles. The van der Waals surface area contributed by atoms with Crippen molar-refractivity contribution >= 4 is 68.1 Å². The molecular formula is C28H24BrIN2O6. The third-order valence-corrected chi connectivity index (χ3v) is 6.78. The molecule has 4 rings (SSSR count). The van der Waals surface area contributed by atoms with Gasteiger partial charge in [-0.2, -0.15) is 0 Å². The second-order valence-electron chi connectivity index (χ2n) is 8.06. The van der Waals surface area contributed by atoms with E-state index >= 15 is 0 Å². The molecule has 0 aromatic heterocycles. The Morgan fingerprint density at radius 2 is 1.61 bits per heavy atom. The number of rotatable bonds is 9. The summed E-state index contributed by atoms with van der Waals surface area (Å²) < 4.78 is 18.9. The highest BCUT2D eigenvalue weighted by molar-refractivity contribution is 14.1. The van der Waals surface area contributed by atoms with Crippen LogP contribution in [0.2, 0.25) is 0 Å². The summed E-state index contributed by atoms with van der Waals surface area (Å²) in [6.45, 7) is 4.97. The molecule has 0 saturated carbocycles. The molecule has 1 saturated heterocycles. The first-order valence-corrected chi connectivity index (χ1v) is 13.7. The van der Waals surface area contributed by atoms with Gasteiger partial charge in [0.1, 0.15) is 17.9 Å². The van der Waals surface area contributed by atoms with Crippen LogP contribution in [0.15, 0.2) is 70.7 Å².